The third kappa shape index (κ3) is 3.40. The average molecular weight is 235 g/mol. The monoisotopic (exact) mass is 235 g/mol. The van der Waals surface area contributed by atoms with E-state index in [0.29, 0.717) is 12.2 Å². The highest BCUT2D eigenvalue weighted by Crippen LogP contribution is 2.33. The number of benzene rings is 1. The van der Waals surface area contributed by atoms with E-state index in [1.807, 2.05) is 0 Å². The molecule has 1 nitrogen and oxygen atoms in total. The Morgan fingerprint density at radius 3 is 2.50 bits per heavy atom. The number of hydrogen-bond acceptors (Lipinski definition) is 1. The van der Waals surface area contributed by atoms with Crippen LogP contribution in [0.15, 0.2) is 18.2 Å². The zero-order valence-corrected chi connectivity index (χ0v) is 8.87. The van der Waals surface area contributed by atoms with Crippen LogP contribution in [0.25, 0.3) is 0 Å². The second kappa shape index (κ2) is 5.18. The van der Waals surface area contributed by atoms with Gasteiger partial charge in [-0.2, -0.15) is 13.2 Å². The molecule has 0 aliphatic rings. The van der Waals surface area contributed by atoms with Crippen molar-refractivity contribution in [1.82, 2.24) is 0 Å². The SMILES string of the molecule is Cc1ccc(NCCCF)cc1C(F)(F)F. The smallest absolute Gasteiger partial charge is 0.385 e. The lowest BCUT2D eigenvalue weighted by molar-refractivity contribution is -0.138. The molecule has 0 bridgehead atoms. The molecule has 0 spiro atoms. The summed E-state index contributed by atoms with van der Waals surface area (Å²) in [7, 11) is 0. The minimum Gasteiger partial charge on any atom is -0.385 e. The predicted molar refractivity (Wildman–Crippen MR) is 55.3 cm³/mol. The molecule has 0 aliphatic heterocycles. The number of alkyl halides is 4. The van der Waals surface area contributed by atoms with Crippen LogP contribution < -0.4 is 5.32 Å². The molecule has 1 aromatic rings. The molecule has 0 radical (unpaired) electrons. The second-order valence-corrected chi connectivity index (χ2v) is 3.50. The van der Waals surface area contributed by atoms with Gasteiger partial charge in [0.1, 0.15) is 0 Å². The molecule has 0 atom stereocenters. The first kappa shape index (κ1) is 12.8. The molecule has 0 amide bonds. The van der Waals surface area contributed by atoms with E-state index >= 15 is 0 Å². The van der Waals surface area contributed by atoms with Crippen molar-refractivity contribution in [3.63, 3.8) is 0 Å². The molecule has 0 saturated carbocycles. The maximum atomic E-state index is 12.5. The predicted octanol–water partition coefficient (Wildman–Crippen LogP) is 3.79. The Morgan fingerprint density at radius 2 is 1.94 bits per heavy atom. The molecular weight excluding hydrogens is 222 g/mol. The number of halogens is 4. The van der Waals surface area contributed by atoms with Crippen LogP contribution in [0, 0.1) is 6.92 Å². The number of anilines is 1. The summed E-state index contributed by atoms with van der Waals surface area (Å²) in [5, 5.41) is 2.75. The quantitative estimate of drug-likeness (QED) is 0.618. The van der Waals surface area contributed by atoms with Crippen molar-refractivity contribution < 1.29 is 17.6 Å². The summed E-state index contributed by atoms with van der Waals surface area (Å²) in [6.45, 7) is 1.26. The van der Waals surface area contributed by atoms with E-state index in [1.54, 1.807) is 6.07 Å². The summed E-state index contributed by atoms with van der Waals surface area (Å²) in [4.78, 5) is 0. The summed E-state index contributed by atoms with van der Waals surface area (Å²) in [5.41, 5.74) is -0.104. The lowest BCUT2D eigenvalue weighted by Crippen LogP contribution is -2.09. The Bertz CT molecular complexity index is 346. The van der Waals surface area contributed by atoms with Crippen LogP contribution in [-0.4, -0.2) is 13.2 Å². The van der Waals surface area contributed by atoms with Gasteiger partial charge in [-0.05, 0) is 31.0 Å². The fourth-order valence-electron chi connectivity index (χ4n) is 1.34. The van der Waals surface area contributed by atoms with Crippen molar-refractivity contribution in [3.8, 4) is 0 Å². The maximum Gasteiger partial charge on any atom is 0.416 e. The number of hydrogen-bond donors (Lipinski definition) is 1. The third-order valence-electron chi connectivity index (χ3n) is 2.18. The fraction of sp³-hybridized carbons (Fsp3) is 0.455. The molecule has 0 unspecified atom stereocenters. The summed E-state index contributed by atoms with van der Waals surface area (Å²) in [5.74, 6) is 0. The second-order valence-electron chi connectivity index (χ2n) is 3.50. The Balaban J connectivity index is 2.82. The van der Waals surface area contributed by atoms with Crippen molar-refractivity contribution >= 4 is 5.69 Å². The fourth-order valence-corrected chi connectivity index (χ4v) is 1.34. The van der Waals surface area contributed by atoms with Gasteiger partial charge in [0, 0.05) is 12.2 Å². The topological polar surface area (TPSA) is 12.0 Å². The Morgan fingerprint density at radius 1 is 1.25 bits per heavy atom. The van der Waals surface area contributed by atoms with Crippen molar-refractivity contribution in [2.75, 3.05) is 18.5 Å². The van der Waals surface area contributed by atoms with Gasteiger partial charge in [-0.25, -0.2) is 0 Å². The van der Waals surface area contributed by atoms with Crippen LogP contribution >= 0.6 is 0 Å². The summed E-state index contributed by atoms with van der Waals surface area (Å²) < 4.78 is 49.4. The minimum absolute atomic E-state index is 0.184. The summed E-state index contributed by atoms with van der Waals surface area (Å²) >= 11 is 0. The van der Waals surface area contributed by atoms with E-state index in [9.17, 15) is 17.6 Å². The van der Waals surface area contributed by atoms with Gasteiger partial charge in [-0.1, -0.05) is 6.07 Å². The first-order valence-electron chi connectivity index (χ1n) is 4.93. The van der Waals surface area contributed by atoms with Gasteiger partial charge in [0.2, 0.25) is 0 Å². The van der Waals surface area contributed by atoms with Crippen LogP contribution in [0.4, 0.5) is 23.2 Å². The lowest BCUT2D eigenvalue weighted by Gasteiger charge is -2.12. The van der Waals surface area contributed by atoms with Crippen LogP contribution in [0.1, 0.15) is 17.5 Å². The third-order valence-corrected chi connectivity index (χ3v) is 2.18. The zero-order valence-electron chi connectivity index (χ0n) is 8.87. The van der Waals surface area contributed by atoms with Crippen LogP contribution in [0.3, 0.4) is 0 Å². The van der Waals surface area contributed by atoms with Gasteiger partial charge < -0.3 is 5.32 Å². The average Bonchev–Trinajstić information content (AvgIpc) is 2.19. The molecular formula is C11H13F4N. The highest BCUT2D eigenvalue weighted by Gasteiger charge is 2.32. The largest absolute Gasteiger partial charge is 0.416 e. The van der Waals surface area contributed by atoms with Gasteiger partial charge in [-0.15, -0.1) is 0 Å². The van der Waals surface area contributed by atoms with Gasteiger partial charge in [0.05, 0.1) is 12.2 Å². The normalized spacial score (nSPS) is 11.6. The Labute approximate surface area is 91.5 Å². The number of aryl methyl sites for hydroxylation is 1. The Hall–Kier alpha value is -1.26. The molecule has 1 rings (SSSR count). The van der Waals surface area contributed by atoms with Gasteiger partial charge in [0.25, 0.3) is 0 Å². The molecule has 0 aliphatic carbocycles. The van der Waals surface area contributed by atoms with Gasteiger partial charge >= 0.3 is 6.18 Å². The van der Waals surface area contributed by atoms with Crippen LogP contribution in [0.5, 0.6) is 0 Å². The van der Waals surface area contributed by atoms with E-state index in [0.717, 1.165) is 6.07 Å². The summed E-state index contributed by atoms with van der Waals surface area (Å²) in [6, 6.07) is 4.01. The molecule has 90 valence electrons. The van der Waals surface area contributed by atoms with Crippen LogP contribution in [-0.2, 0) is 6.18 Å². The number of nitrogens with one attached hydrogen (secondary N) is 1. The van der Waals surface area contributed by atoms with Crippen LogP contribution in [0.2, 0.25) is 0 Å². The molecule has 5 heteroatoms. The minimum atomic E-state index is -4.35. The van der Waals surface area contributed by atoms with Crippen molar-refractivity contribution in [1.29, 1.82) is 0 Å². The molecule has 0 fully saturated rings. The van der Waals surface area contributed by atoms with Gasteiger partial charge in [0.15, 0.2) is 0 Å². The van der Waals surface area contributed by atoms with Crippen molar-refractivity contribution in [2.24, 2.45) is 0 Å². The number of rotatable bonds is 4. The van der Waals surface area contributed by atoms with E-state index < -0.39 is 18.4 Å². The highest BCUT2D eigenvalue weighted by atomic mass is 19.4. The van der Waals surface area contributed by atoms with E-state index in [1.165, 1.54) is 13.0 Å². The molecule has 16 heavy (non-hydrogen) atoms. The van der Waals surface area contributed by atoms with Crippen molar-refractivity contribution in [3.05, 3.63) is 29.3 Å². The first-order chi connectivity index (χ1) is 7.45. The zero-order chi connectivity index (χ0) is 12.2. The van der Waals surface area contributed by atoms with E-state index in [-0.39, 0.29) is 12.0 Å². The highest BCUT2D eigenvalue weighted by molar-refractivity contribution is 5.49. The molecule has 0 aromatic heterocycles. The first-order valence-corrected chi connectivity index (χ1v) is 4.93. The molecule has 0 heterocycles. The molecule has 1 N–H and O–H groups in total. The lowest BCUT2D eigenvalue weighted by atomic mass is 10.1. The van der Waals surface area contributed by atoms with Crippen molar-refractivity contribution in [2.45, 2.75) is 19.5 Å². The van der Waals surface area contributed by atoms with Gasteiger partial charge in [-0.3, -0.25) is 4.39 Å². The molecule has 1 aromatic carbocycles. The Kier molecular flexibility index (Phi) is 4.15. The summed E-state index contributed by atoms with van der Waals surface area (Å²) in [6.07, 6.45) is -4.06. The standard InChI is InChI=1S/C11H13F4N/c1-8-3-4-9(16-6-2-5-12)7-10(8)11(13,14)15/h3-4,7,16H,2,5-6H2,1H3. The van der Waals surface area contributed by atoms with E-state index in [4.69, 9.17) is 0 Å². The van der Waals surface area contributed by atoms with E-state index in [2.05, 4.69) is 5.32 Å². The maximum absolute atomic E-state index is 12.5. The molecule has 0 saturated heterocycles.